The highest BCUT2D eigenvalue weighted by molar-refractivity contribution is 5.39. The molecule has 0 fully saturated rings. The van der Waals surface area contributed by atoms with Gasteiger partial charge in [0, 0.05) is 0 Å². The van der Waals surface area contributed by atoms with Crippen LogP contribution in [0.25, 0.3) is 0 Å². The topological polar surface area (TPSA) is 38.7 Å². The molecule has 1 aromatic rings. The molecule has 0 saturated heterocycles. The first-order chi connectivity index (χ1) is 6.15. The smallest absolute Gasteiger partial charge is 0.116 e. The van der Waals surface area contributed by atoms with Crippen LogP contribution in [0.4, 0.5) is 0 Å². The van der Waals surface area contributed by atoms with E-state index < -0.39 is 0 Å². The molecule has 0 amide bonds. The lowest BCUT2D eigenvalue weighted by Gasteiger charge is -2.09. The van der Waals surface area contributed by atoms with E-state index in [-0.39, 0.29) is 5.75 Å². The molecule has 0 spiro atoms. The van der Waals surface area contributed by atoms with Crippen LogP contribution in [0.3, 0.4) is 0 Å². The van der Waals surface area contributed by atoms with Gasteiger partial charge in [-0.1, -0.05) is 0 Å². The van der Waals surface area contributed by atoms with Crippen molar-refractivity contribution in [2.24, 2.45) is 0 Å². The van der Waals surface area contributed by atoms with Crippen LogP contribution < -0.4 is 0 Å². The van der Waals surface area contributed by atoms with Crippen LogP contribution in [0.15, 0.2) is 12.1 Å². The minimum Gasteiger partial charge on any atom is -0.508 e. The van der Waals surface area contributed by atoms with Crippen LogP contribution in [-0.2, 0) is 16.4 Å². The second kappa shape index (κ2) is 4.25. The molecule has 0 atom stereocenters. The Hall–Kier alpha value is -1.06. The van der Waals surface area contributed by atoms with Gasteiger partial charge < -0.3 is 5.11 Å². The van der Waals surface area contributed by atoms with E-state index >= 15 is 0 Å². The number of hydrogen-bond acceptors (Lipinski definition) is 3. The quantitative estimate of drug-likeness (QED) is 0.574. The largest absolute Gasteiger partial charge is 0.508 e. The lowest BCUT2D eigenvalue weighted by Crippen LogP contribution is -1.97. The van der Waals surface area contributed by atoms with E-state index in [9.17, 15) is 5.11 Å². The average Bonchev–Trinajstić information content (AvgIpc) is 2.02. The predicted octanol–water partition coefficient (Wildman–Crippen LogP) is 2.09. The number of hydrogen-bond donors (Lipinski definition) is 1. The highest BCUT2D eigenvalue weighted by Crippen LogP contribution is 2.21. The molecule has 0 saturated carbocycles. The molecule has 0 bridgehead atoms. The fourth-order valence-corrected chi connectivity index (χ4v) is 1.32. The summed E-state index contributed by atoms with van der Waals surface area (Å²) in [5.74, 6) is 0.288. The summed E-state index contributed by atoms with van der Waals surface area (Å²) in [4.78, 5) is 9.36. The van der Waals surface area contributed by atoms with E-state index in [1.54, 1.807) is 12.1 Å². The van der Waals surface area contributed by atoms with Crippen molar-refractivity contribution < 1.29 is 14.9 Å². The molecule has 3 nitrogen and oxygen atoms in total. The van der Waals surface area contributed by atoms with Crippen molar-refractivity contribution in [3.8, 4) is 5.75 Å². The van der Waals surface area contributed by atoms with Crippen molar-refractivity contribution in [3.63, 3.8) is 0 Å². The summed E-state index contributed by atoms with van der Waals surface area (Å²) in [6.07, 6.45) is 0. The number of aromatic hydroxyl groups is 1. The second-order valence-corrected chi connectivity index (χ2v) is 2.99. The maximum absolute atomic E-state index is 9.27. The van der Waals surface area contributed by atoms with E-state index in [1.165, 1.54) is 7.11 Å². The van der Waals surface area contributed by atoms with Crippen LogP contribution in [0.2, 0.25) is 0 Å². The maximum atomic E-state index is 9.27. The first-order valence-corrected chi connectivity index (χ1v) is 4.10. The Kier molecular flexibility index (Phi) is 3.28. The molecule has 3 heteroatoms. The molecule has 1 rings (SSSR count). The number of aryl methyl sites for hydroxylation is 2. The van der Waals surface area contributed by atoms with Gasteiger partial charge in [0.1, 0.15) is 12.4 Å². The lowest BCUT2D eigenvalue weighted by atomic mass is 10.0. The number of rotatable bonds is 3. The number of phenols is 1. The van der Waals surface area contributed by atoms with Gasteiger partial charge in [-0.25, -0.2) is 9.78 Å². The molecule has 0 unspecified atom stereocenters. The molecular weight excluding hydrogens is 168 g/mol. The van der Waals surface area contributed by atoms with Gasteiger partial charge in [0.05, 0.1) is 7.11 Å². The molecule has 13 heavy (non-hydrogen) atoms. The van der Waals surface area contributed by atoms with E-state index in [0.717, 1.165) is 16.7 Å². The Bertz CT molecular complexity index is 271. The molecule has 0 radical (unpaired) electrons. The van der Waals surface area contributed by atoms with Gasteiger partial charge in [0.15, 0.2) is 0 Å². The van der Waals surface area contributed by atoms with Crippen LogP contribution in [0.5, 0.6) is 5.75 Å². The van der Waals surface area contributed by atoms with Crippen LogP contribution in [-0.4, -0.2) is 12.2 Å². The zero-order chi connectivity index (χ0) is 9.84. The number of phenolic OH excluding ortho intramolecular Hbond substituents is 1. The van der Waals surface area contributed by atoms with Gasteiger partial charge in [0.25, 0.3) is 0 Å². The number of benzene rings is 1. The van der Waals surface area contributed by atoms with E-state index in [0.29, 0.717) is 6.61 Å². The average molecular weight is 182 g/mol. The Morgan fingerprint density at radius 3 is 2.23 bits per heavy atom. The maximum Gasteiger partial charge on any atom is 0.116 e. The molecule has 0 aromatic heterocycles. The zero-order valence-electron chi connectivity index (χ0n) is 8.13. The molecule has 0 heterocycles. The minimum atomic E-state index is 0.288. The first kappa shape index (κ1) is 10.0. The third-order valence-corrected chi connectivity index (χ3v) is 2.00. The SMILES string of the molecule is COOCc1c(C)cc(O)cc1C. The van der Waals surface area contributed by atoms with Gasteiger partial charge >= 0.3 is 0 Å². The summed E-state index contributed by atoms with van der Waals surface area (Å²) in [6.45, 7) is 4.27. The minimum absolute atomic E-state index is 0.288. The van der Waals surface area contributed by atoms with E-state index in [2.05, 4.69) is 4.89 Å². The van der Waals surface area contributed by atoms with Crippen molar-refractivity contribution in [2.45, 2.75) is 20.5 Å². The summed E-state index contributed by atoms with van der Waals surface area (Å²) in [6, 6.07) is 3.42. The van der Waals surface area contributed by atoms with Crippen molar-refractivity contribution in [3.05, 3.63) is 28.8 Å². The molecule has 1 N–H and O–H groups in total. The molecule has 1 aromatic carbocycles. The summed E-state index contributed by atoms with van der Waals surface area (Å²) in [7, 11) is 1.48. The Morgan fingerprint density at radius 2 is 1.77 bits per heavy atom. The standard InChI is InChI=1S/C10H14O3/c1-7-4-9(11)5-8(2)10(7)6-13-12-3/h4-5,11H,6H2,1-3H3. The lowest BCUT2D eigenvalue weighted by molar-refractivity contribution is -0.282. The second-order valence-electron chi connectivity index (χ2n) is 2.99. The summed E-state index contributed by atoms with van der Waals surface area (Å²) >= 11 is 0. The molecule has 0 aliphatic carbocycles. The monoisotopic (exact) mass is 182 g/mol. The molecule has 0 aliphatic rings. The highest BCUT2D eigenvalue weighted by Gasteiger charge is 2.04. The fourth-order valence-electron chi connectivity index (χ4n) is 1.32. The molecular formula is C10H14O3. The zero-order valence-corrected chi connectivity index (χ0v) is 8.13. The third kappa shape index (κ3) is 2.44. The van der Waals surface area contributed by atoms with Gasteiger partial charge in [-0.2, -0.15) is 0 Å². The highest BCUT2D eigenvalue weighted by atomic mass is 17.2. The fraction of sp³-hybridized carbons (Fsp3) is 0.400. The first-order valence-electron chi connectivity index (χ1n) is 4.10. The van der Waals surface area contributed by atoms with Crippen LogP contribution in [0.1, 0.15) is 16.7 Å². The molecule has 72 valence electrons. The Labute approximate surface area is 77.8 Å². The summed E-state index contributed by atoms with van der Waals surface area (Å²) < 4.78 is 0. The van der Waals surface area contributed by atoms with Gasteiger partial charge in [-0.15, -0.1) is 0 Å². The van der Waals surface area contributed by atoms with Crippen molar-refractivity contribution in [1.82, 2.24) is 0 Å². The summed E-state index contributed by atoms with van der Waals surface area (Å²) in [5.41, 5.74) is 3.07. The van der Waals surface area contributed by atoms with Crippen LogP contribution in [0, 0.1) is 13.8 Å². The van der Waals surface area contributed by atoms with Crippen molar-refractivity contribution in [1.29, 1.82) is 0 Å². The Morgan fingerprint density at radius 1 is 1.23 bits per heavy atom. The third-order valence-electron chi connectivity index (χ3n) is 2.00. The van der Waals surface area contributed by atoms with E-state index in [1.807, 2.05) is 13.8 Å². The van der Waals surface area contributed by atoms with Crippen molar-refractivity contribution >= 4 is 0 Å². The predicted molar refractivity (Wildman–Crippen MR) is 49.4 cm³/mol. The molecule has 0 aliphatic heterocycles. The van der Waals surface area contributed by atoms with E-state index in [4.69, 9.17) is 4.89 Å². The van der Waals surface area contributed by atoms with Crippen molar-refractivity contribution in [2.75, 3.05) is 7.11 Å². The van der Waals surface area contributed by atoms with Gasteiger partial charge in [0.2, 0.25) is 0 Å². The Balaban J connectivity index is 2.92. The van der Waals surface area contributed by atoms with Gasteiger partial charge in [-0.05, 0) is 42.7 Å². The normalized spacial score (nSPS) is 10.4. The van der Waals surface area contributed by atoms with Gasteiger partial charge in [-0.3, -0.25) is 0 Å². The van der Waals surface area contributed by atoms with Crippen LogP contribution >= 0.6 is 0 Å². The summed E-state index contributed by atoms with van der Waals surface area (Å²) in [5, 5.41) is 9.27.